The zero-order valence-corrected chi connectivity index (χ0v) is 13.1. The van der Waals surface area contributed by atoms with E-state index in [9.17, 15) is 0 Å². The lowest BCUT2D eigenvalue weighted by Gasteiger charge is -2.21. The smallest absolute Gasteiger partial charge is 0.119 e. The number of aryl methyl sites for hydroxylation is 1. The van der Waals surface area contributed by atoms with Crippen molar-refractivity contribution < 1.29 is 4.74 Å². The molecule has 1 aromatic heterocycles. The molecule has 0 bridgehead atoms. The minimum absolute atomic E-state index is 0.198. The van der Waals surface area contributed by atoms with Crippen molar-refractivity contribution in [1.29, 1.82) is 0 Å². The van der Waals surface area contributed by atoms with Gasteiger partial charge in [0, 0.05) is 12.4 Å². The predicted octanol–water partition coefficient (Wildman–Crippen LogP) is 3.88. The second-order valence-electron chi connectivity index (χ2n) is 5.12. The fraction of sp³-hybridized carbons (Fsp3) is 0.389. The number of rotatable bonds is 7. The summed E-state index contributed by atoms with van der Waals surface area (Å²) in [5.74, 6) is 0.918. The highest BCUT2D eigenvalue weighted by molar-refractivity contribution is 5.37. The van der Waals surface area contributed by atoms with Gasteiger partial charge in [-0.3, -0.25) is 4.98 Å². The standard InChI is InChI=1S/C18H24N2O/c1-4-11-20-18(17-10-12-19-13-14(17)3)15-6-8-16(9-7-15)21-5-2/h6-10,12-13,18,20H,4-5,11H2,1-3H3. The highest BCUT2D eigenvalue weighted by Crippen LogP contribution is 2.26. The molecule has 112 valence electrons. The number of hydrogen-bond acceptors (Lipinski definition) is 3. The molecule has 1 heterocycles. The number of aromatic nitrogens is 1. The summed E-state index contributed by atoms with van der Waals surface area (Å²) in [5.41, 5.74) is 3.74. The van der Waals surface area contributed by atoms with Crippen molar-refractivity contribution in [2.75, 3.05) is 13.2 Å². The summed E-state index contributed by atoms with van der Waals surface area (Å²) < 4.78 is 5.52. The molecular formula is C18H24N2O. The Labute approximate surface area is 127 Å². The van der Waals surface area contributed by atoms with Crippen LogP contribution < -0.4 is 10.1 Å². The summed E-state index contributed by atoms with van der Waals surface area (Å²) in [6, 6.07) is 10.6. The van der Waals surface area contributed by atoms with Crippen LogP contribution in [0.4, 0.5) is 0 Å². The van der Waals surface area contributed by atoms with E-state index in [1.54, 1.807) is 0 Å². The van der Waals surface area contributed by atoms with Crippen molar-refractivity contribution >= 4 is 0 Å². The van der Waals surface area contributed by atoms with Gasteiger partial charge in [-0.2, -0.15) is 0 Å². The summed E-state index contributed by atoms with van der Waals surface area (Å²) in [7, 11) is 0. The lowest BCUT2D eigenvalue weighted by atomic mass is 9.96. The van der Waals surface area contributed by atoms with E-state index in [2.05, 4.69) is 42.3 Å². The molecule has 0 fully saturated rings. The van der Waals surface area contributed by atoms with Gasteiger partial charge in [-0.15, -0.1) is 0 Å². The number of pyridine rings is 1. The Hall–Kier alpha value is -1.87. The van der Waals surface area contributed by atoms with Gasteiger partial charge in [0.1, 0.15) is 5.75 Å². The van der Waals surface area contributed by atoms with Gasteiger partial charge in [0.25, 0.3) is 0 Å². The van der Waals surface area contributed by atoms with Crippen molar-refractivity contribution in [1.82, 2.24) is 10.3 Å². The molecular weight excluding hydrogens is 260 g/mol. The third kappa shape index (κ3) is 4.05. The van der Waals surface area contributed by atoms with Crippen molar-refractivity contribution in [3.05, 3.63) is 59.4 Å². The van der Waals surface area contributed by atoms with Crippen LogP contribution in [0.25, 0.3) is 0 Å². The first-order valence-electron chi connectivity index (χ1n) is 7.63. The van der Waals surface area contributed by atoms with Gasteiger partial charge in [0.05, 0.1) is 12.6 Å². The molecule has 1 atom stereocenters. The number of benzene rings is 1. The zero-order chi connectivity index (χ0) is 15.1. The van der Waals surface area contributed by atoms with Crippen LogP contribution in [0, 0.1) is 6.92 Å². The first kappa shape index (κ1) is 15.5. The number of ether oxygens (including phenoxy) is 1. The molecule has 0 spiro atoms. The summed E-state index contributed by atoms with van der Waals surface area (Å²) in [6.45, 7) is 7.97. The van der Waals surface area contributed by atoms with Gasteiger partial charge in [-0.1, -0.05) is 19.1 Å². The first-order chi connectivity index (χ1) is 10.3. The van der Waals surface area contributed by atoms with Gasteiger partial charge in [-0.25, -0.2) is 0 Å². The van der Waals surface area contributed by atoms with E-state index in [1.165, 1.54) is 16.7 Å². The zero-order valence-electron chi connectivity index (χ0n) is 13.1. The lowest BCUT2D eigenvalue weighted by molar-refractivity contribution is 0.340. The molecule has 1 unspecified atom stereocenters. The monoisotopic (exact) mass is 284 g/mol. The maximum atomic E-state index is 5.52. The maximum absolute atomic E-state index is 5.52. The molecule has 0 amide bonds. The molecule has 3 nitrogen and oxygen atoms in total. The Morgan fingerprint density at radius 3 is 2.52 bits per heavy atom. The van der Waals surface area contributed by atoms with E-state index in [0.29, 0.717) is 6.61 Å². The Morgan fingerprint density at radius 2 is 1.90 bits per heavy atom. The Morgan fingerprint density at radius 1 is 1.14 bits per heavy atom. The van der Waals surface area contributed by atoms with Crippen molar-refractivity contribution in [2.24, 2.45) is 0 Å². The molecule has 1 aromatic carbocycles. The van der Waals surface area contributed by atoms with Crippen molar-refractivity contribution in [2.45, 2.75) is 33.2 Å². The van der Waals surface area contributed by atoms with Crippen molar-refractivity contribution in [3.8, 4) is 5.75 Å². The minimum atomic E-state index is 0.198. The van der Waals surface area contributed by atoms with Gasteiger partial charge >= 0.3 is 0 Å². The van der Waals surface area contributed by atoms with Gasteiger partial charge in [0.2, 0.25) is 0 Å². The Kier molecular flexibility index (Phi) is 5.76. The quantitative estimate of drug-likeness (QED) is 0.838. The van der Waals surface area contributed by atoms with E-state index >= 15 is 0 Å². The molecule has 21 heavy (non-hydrogen) atoms. The largest absolute Gasteiger partial charge is 0.494 e. The summed E-state index contributed by atoms with van der Waals surface area (Å²) in [5, 5.41) is 3.63. The Bertz CT molecular complexity index is 551. The number of nitrogens with zero attached hydrogens (tertiary/aromatic N) is 1. The van der Waals surface area contributed by atoms with E-state index in [-0.39, 0.29) is 6.04 Å². The highest BCUT2D eigenvalue weighted by atomic mass is 16.5. The number of hydrogen-bond donors (Lipinski definition) is 1. The fourth-order valence-corrected chi connectivity index (χ4v) is 2.43. The van der Waals surface area contributed by atoms with E-state index in [0.717, 1.165) is 18.7 Å². The third-order valence-corrected chi connectivity index (χ3v) is 3.50. The minimum Gasteiger partial charge on any atom is -0.494 e. The van der Waals surface area contributed by atoms with Crippen LogP contribution in [0.5, 0.6) is 5.75 Å². The molecule has 2 aromatic rings. The van der Waals surface area contributed by atoms with Crippen LogP contribution in [0.1, 0.15) is 43.0 Å². The maximum Gasteiger partial charge on any atom is 0.119 e. The van der Waals surface area contributed by atoms with Crippen LogP contribution >= 0.6 is 0 Å². The predicted molar refractivity (Wildman–Crippen MR) is 86.7 cm³/mol. The van der Waals surface area contributed by atoms with Gasteiger partial charge < -0.3 is 10.1 Å². The normalized spacial score (nSPS) is 12.1. The van der Waals surface area contributed by atoms with Crippen LogP contribution in [0.3, 0.4) is 0 Å². The van der Waals surface area contributed by atoms with Gasteiger partial charge in [-0.05, 0) is 61.7 Å². The first-order valence-corrected chi connectivity index (χ1v) is 7.63. The molecule has 0 aliphatic carbocycles. The molecule has 2 rings (SSSR count). The molecule has 0 aliphatic heterocycles. The SMILES string of the molecule is CCCNC(c1ccc(OCC)cc1)c1ccncc1C. The molecule has 0 saturated heterocycles. The van der Waals surface area contributed by atoms with Crippen LogP contribution in [0.2, 0.25) is 0 Å². The Balaban J connectivity index is 2.29. The molecule has 0 radical (unpaired) electrons. The van der Waals surface area contributed by atoms with Crippen LogP contribution in [-0.2, 0) is 0 Å². The van der Waals surface area contributed by atoms with E-state index in [1.807, 2.05) is 31.5 Å². The van der Waals surface area contributed by atoms with Gasteiger partial charge in [0.15, 0.2) is 0 Å². The molecule has 3 heteroatoms. The molecule has 0 saturated carbocycles. The van der Waals surface area contributed by atoms with E-state index < -0.39 is 0 Å². The second kappa shape index (κ2) is 7.79. The molecule has 0 aliphatic rings. The van der Waals surface area contributed by atoms with Crippen molar-refractivity contribution in [3.63, 3.8) is 0 Å². The topological polar surface area (TPSA) is 34.1 Å². The van der Waals surface area contributed by atoms with E-state index in [4.69, 9.17) is 4.74 Å². The lowest BCUT2D eigenvalue weighted by Crippen LogP contribution is -2.24. The highest BCUT2D eigenvalue weighted by Gasteiger charge is 2.15. The molecule has 1 N–H and O–H groups in total. The average molecular weight is 284 g/mol. The second-order valence-corrected chi connectivity index (χ2v) is 5.12. The average Bonchev–Trinajstić information content (AvgIpc) is 2.51. The van der Waals surface area contributed by atoms with Crippen LogP contribution in [-0.4, -0.2) is 18.1 Å². The summed E-state index contributed by atoms with van der Waals surface area (Å²) in [6.07, 6.45) is 4.89. The third-order valence-electron chi connectivity index (χ3n) is 3.50. The summed E-state index contributed by atoms with van der Waals surface area (Å²) >= 11 is 0. The summed E-state index contributed by atoms with van der Waals surface area (Å²) in [4.78, 5) is 4.19. The fourth-order valence-electron chi connectivity index (χ4n) is 2.43. The van der Waals surface area contributed by atoms with Crippen LogP contribution in [0.15, 0.2) is 42.7 Å². The number of nitrogens with one attached hydrogen (secondary N) is 1.